The molecule has 0 saturated carbocycles. The summed E-state index contributed by atoms with van der Waals surface area (Å²) in [5.74, 6) is -0.0665. The molecule has 5 nitrogen and oxygen atoms in total. The Morgan fingerprint density at radius 3 is 2.47 bits per heavy atom. The molecule has 2 rings (SSSR count). The molecule has 5 heteroatoms. The molecule has 0 spiro atoms. The highest BCUT2D eigenvalue weighted by molar-refractivity contribution is 5.91. The van der Waals surface area contributed by atoms with Crippen molar-refractivity contribution in [2.45, 2.75) is 38.5 Å². The molecule has 1 amide bonds. The monoisotopic (exact) mass is 265 g/mol. The van der Waals surface area contributed by atoms with Gasteiger partial charge in [0.2, 0.25) is 0 Å². The molecule has 1 fully saturated rings. The molecule has 0 atom stereocenters. The van der Waals surface area contributed by atoms with Gasteiger partial charge in [-0.1, -0.05) is 12.8 Å². The fourth-order valence-electron chi connectivity index (χ4n) is 2.29. The number of carbonyl (C=O) groups is 2. The first kappa shape index (κ1) is 13.6. The van der Waals surface area contributed by atoms with Crippen LogP contribution in [-0.4, -0.2) is 35.0 Å². The van der Waals surface area contributed by atoms with Crippen LogP contribution in [0.15, 0.2) is 16.5 Å². The van der Waals surface area contributed by atoms with Crippen molar-refractivity contribution in [2.75, 3.05) is 13.1 Å². The number of nitrogens with zero attached hydrogens (tertiary/aromatic N) is 1. The van der Waals surface area contributed by atoms with Crippen LogP contribution in [0.25, 0.3) is 0 Å². The zero-order valence-corrected chi connectivity index (χ0v) is 10.9. The molecule has 19 heavy (non-hydrogen) atoms. The second kappa shape index (κ2) is 6.41. The highest BCUT2D eigenvalue weighted by atomic mass is 16.4. The van der Waals surface area contributed by atoms with Gasteiger partial charge < -0.3 is 14.4 Å². The van der Waals surface area contributed by atoms with Crippen LogP contribution in [-0.2, 0) is 11.2 Å². The normalized spacial score (nSPS) is 16.1. The van der Waals surface area contributed by atoms with E-state index in [2.05, 4.69) is 0 Å². The molecule has 0 aliphatic carbocycles. The van der Waals surface area contributed by atoms with E-state index in [-0.39, 0.29) is 12.3 Å². The maximum Gasteiger partial charge on any atom is 0.303 e. The van der Waals surface area contributed by atoms with Gasteiger partial charge in [-0.15, -0.1) is 0 Å². The van der Waals surface area contributed by atoms with E-state index in [1.807, 2.05) is 4.90 Å². The molecule has 104 valence electrons. The van der Waals surface area contributed by atoms with Gasteiger partial charge in [0.05, 0.1) is 6.42 Å². The predicted octanol–water partition coefficient (Wildman–Crippen LogP) is 2.31. The number of aliphatic carboxylic acids is 1. The lowest BCUT2D eigenvalue weighted by Crippen LogP contribution is -2.31. The number of carboxylic acids is 1. The average Bonchev–Trinajstić information content (AvgIpc) is 2.69. The summed E-state index contributed by atoms with van der Waals surface area (Å²) >= 11 is 0. The minimum atomic E-state index is -0.864. The first-order chi connectivity index (χ1) is 9.16. The van der Waals surface area contributed by atoms with Crippen LogP contribution in [0.4, 0.5) is 0 Å². The SMILES string of the molecule is O=C(O)CCc1ccc(C(=O)N2CCCCCC2)o1. The molecule has 0 aromatic carbocycles. The first-order valence-corrected chi connectivity index (χ1v) is 6.76. The van der Waals surface area contributed by atoms with Gasteiger partial charge >= 0.3 is 5.97 Å². The highest BCUT2D eigenvalue weighted by Gasteiger charge is 2.20. The van der Waals surface area contributed by atoms with E-state index >= 15 is 0 Å². The van der Waals surface area contributed by atoms with Crippen LogP contribution in [0.2, 0.25) is 0 Å². The Morgan fingerprint density at radius 2 is 1.84 bits per heavy atom. The molecule has 0 unspecified atom stereocenters. The molecule has 1 aromatic heterocycles. The number of hydrogen-bond acceptors (Lipinski definition) is 3. The fourth-order valence-corrected chi connectivity index (χ4v) is 2.29. The molecule has 2 heterocycles. The van der Waals surface area contributed by atoms with E-state index in [0.717, 1.165) is 25.9 Å². The lowest BCUT2D eigenvalue weighted by molar-refractivity contribution is -0.137. The standard InChI is InChI=1S/C14H19NO4/c16-13(17)8-6-11-5-7-12(19-11)14(18)15-9-3-1-2-4-10-15/h5,7H,1-4,6,8-10H2,(H,16,17). The quantitative estimate of drug-likeness (QED) is 0.906. The molecular formula is C14H19NO4. The third-order valence-corrected chi connectivity index (χ3v) is 3.35. The molecule has 0 radical (unpaired) electrons. The van der Waals surface area contributed by atoms with Crippen molar-refractivity contribution in [3.05, 3.63) is 23.7 Å². The van der Waals surface area contributed by atoms with E-state index in [1.54, 1.807) is 12.1 Å². The summed E-state index contributed by atoms with van der Waals surface area (Å²) in [6.07, 6.45) is 4.77. The molecule has 0 bridgehead atoms. The Hall–Kier alpha value is -1.78. The Kier molecular flexibility index (Phi) is 4.60. The molecule has 1 saturated heterocycles. The van der Waals surface area contributed by atoms with Crippen LogP contribution >= 0.6 is 0 Å². The van der Waals surface area contributed by atoms with Gasteiger partial charge in [-0.05, 0) is 25.0 Å². The van der Waals surface area contributed by atoms with Crippen molar-refractivity contribution < 1.29 is 19.1 Å². The van der Waals surface area contributed by atoms with Crippen molar-refractivity contribution >= 4 is 11.9 Å². The smallest absolute Gasteiger partial charge is 0.303 e. The number of aryl methyl sites for hydroxylation is 1. The minimum Gasteiger partial charge on any atom is -0.481 e. The van der Waals surface area contributed by atoms with Gasteiger partial charge in [0.1, 0.15) is 5.76 Å². The van der Waals surface area contributed by atoms with Crippen LogP contribution < -0.4 is 0 Å². The van der Waals surface area contributed by atoms with Crippen LogP contribution in [0.5, 0.6) is 0 Å². The Morgan fingerprint density at radius 1 is 1.16 bits per heavy atom. The number of carbonyl (C=O) groups excluding carboxylic acids is 1. The summed E-state index contributed by atoms with van der Waals surface area (Å²) in [5, 5.41) is 8.61. The first-order valence-electron chi connectivity index (χ1n) is 6.76. The predicted molar refractivity (Wildman–Crippen MR) is 69.0 cm³/mol. The van der Waals surface area contributed by atoms with Gasteiger partial charge in [0.25, 0.3) is 5.91 Å². The molecular weight excluding hydrogens is 246 g/mol. The number of carboxylic acid groups (broad SMARTS) is 1. The van der Waals surface area contributed by atoms with Crippen molar-refractivity contribution in [2.24, 2.45) is 0 Å². The van der Waals surface area contributed by atoms with E-state index in [1.165, 1.54) is 12.8 Å². The zero-order valence-electron chi connectivity index (χ0n) is 10.9. The van der Waals surface area contributed by atoms with Crippen LogP contribution in [0.3, 0.4) is 0 Å². The van der Waals surface area contributed by atoms with Crippen LogP contribution in [0, 0.1) is 0 Å². The summed E-state index contributed by atoms with van der Waals surface area (Å²) in [7, 11) is 0. The van der Waals surface area contributed by atoms with E-state index in [9.17, 15) is 9.59 Å². The molecule has 1 aromatic rings. The van der Waals surface area contributed by atoms with Crippen molar-refractivity contribution in [1.82, 2.24) is 4.90 Å². The summed E-state index contributed by atoms with van der Waals surface area (Å²) in [6, 6.07) is 3.33. The number of rotatable bonds is 4. The van der Waals surface area contributed by atoms with Gasteiger partial charge in [0, 0.05) is 19.5 Å². The van der Waals surface area contributed by atoms with E-state index in [4.69, 9.17) is 9.52 Å². The van der Waals surface area contributed by atoms with Crippen molar-refractivity contribution in [3.8, 4) is 0 Å². The second-order valence-corrected chi connectivity index (χ2v) is 4.87. The zero-order chi connectivity index (χ0) is 13.7. The number of likely N-dealkylation sites (tertiary alicyclic amines) is 1. The van der Waals surface area contributed by atoms with E-state index in [0.29, 0.717) is 17.9 Å². The topological polar surface area (TPSA) is 70.8 Å². The van der Waals surface area contributed by atoms with Gasteiger partial charge in [-0.3, -0.25) is 9.59 Å². The largest absolute Gasteiger partial charge is 0.481 e. The average molecular weight is 265 g/mol. The Bertz CT molecular complexity index is 444. The van der Waals surface area contributed by atoms with Crippen molar-refractivity contribution in [3.63, 3.8) is 0 Å². The fraction of sp³-hybridized carbons (Fsp3) is 0.571. The Labute approximate surface area is 112 Å². The lowest BCUT2D eigenvalue weighted by atomic mass is 10.2. The van der Waals surface area contributed by atoms with Crippen LogP contribution in [0.1, 0.15) is 48.4 Å². The summed E-state index contributed by atoms with van der Waals surface area (Å²) in [6.45, 7) is 1.56. The van der Waals surface area contributed by atoms with Gasteiger partial charge in [-0.25, -0.2) is 0 Å². The molecule has 1 aliphatic rings. The maximum absolute atomic E-state index is 12.2. The summed E-state index contributed by atoms with van der Waals surface area (Å²) in [5.41, 5.74) is 0. The van der Waals surface area contributed by atoms with Gasteiger partial charge in [-0.2, -0.15) is 0 Å². The number of furan rings is 1. The van der Waals surface area contributed by atoms with Crippen molar-refractivity contribution in [1.29, 1.82) is 0 Å². The third-order valence-electron chi connectivity index (χ3n) is 3.35. The van der Waals surface area contributed by atoms with Gasteiger partial charge in [0.15, 0.2) is 5.76 Å². The molecule has 1 aliphatic heterocycles. The maximum atomic E-state index is 12.2. The number of amides is 1. The number of hydrogen-bond donors (Lipinski definition) is 1. The summed E-state index contributed by atoms with van der Waals surface area (Å²) < 4.78 is 5.44. The highest BCUT2D eigenvalue weighted by Crippen LogP contribution is 2.16. The Balaban J connectivity index is 1.96. The molecule has 1 N–H and O–H groups in total. The summed E-state index contributed by atoms with van der Waals surface area (Å²) in [4.78, 5) is 24.5. The van der Waals surface area contributed by atoms with E-state index < -0.39 is 5.97 Å². The minimum absolute atomic E-state index is 0.0187. The lowest BCUT2D eigenvalue weighted by Gasteiger charge is -2.18. The second-order valence-electron chi connectivity index (χ2n) is 4.87. The third kappa shape index (κ3) is 3.84.